The molecule has 0 aliphatic carbocycles. The minimum Gasteiger partial charge on any atom is -0.497 e. The highest BCUT2D eigenvalue weighted by Gasteiger charge is 2.01. The van der Waals surface area contributed by atoms with Crippen LogP contribution in [0.15, 0.2) is 24.3 Å². The van der Waals surface area contributed by atoms with E-state index in [1.807, 2.05) is 31.3 Å². The Kier molecular flexibility index (Phi) is 4.79. The molecule has 0 heterocycles. The van der Waals surface area contributed by atoms with E-state index in [0.29, 0.717) is 6.42 Å². The molecule has 0 unspecified atom stereocenters. The Labute approximate surface area is 96.5 Å². The third-order valence-corrected chi connectivity index (χ3v) is 2.37. The van der Waals surface area contributed by atoms with E-state index in [-0.39, 0.29) is 5.84 Å². The number of ether oxygens (including phenoxy) is 1. The van der Waals surface area contributed by atoms with Gasteiger partial charge in [0.2, 0.25) is 0 Å². The maximum atomic E-state index is 7.16. The minimum atomic E-state index is 0.238. The molecule has 1 aromatic carbocycles. The van der Waals surface area contributed by atoms with Gasteiger partial charge in [-0.2, -0.15) is 0 Å². The molecule has 16 heavy (non-hydrogen) atoms. The van der Waals surface area contributed by atoms with Gasteiger partial charge in [0.15, 0.2) is 0 Å². The van der Waals surface area contributed by atoms with Crippen LogP contribution in [0.5, 0.6) is 5.75 Å². The molecule has 0 atom stereocenters. The molecule has 0 radical (unpaired) electrons. The first-order valence-corrected chi connectivity index (χ1v) is 5.26. The Hall–Kier alpha value is -1.55. The van der Waals surface area contributed by atoms with E-state index in [2.05, 4.69) is 4.90 Å². The highest BCUT2D eigenvalue weighted by molar-refractivity contribution is 5.76. The van der Waals surface area contributed by atoms with Crippen molar-refractivity contribution >= 4 is 5.84 Å². The summed E-state index contributed by atoms with van der Waals surface area (Å²) in [5.74, 6) is 1.11. The average Bonchev–Trinajstić information content (AvgIpc) is 2.27. The summed E-state index contributed by atoms with van der Waals surface area (Å²) in [6.07, 6.45) is 0.618. The average molecular weight is 221 g/mol. The van der Waals surface area contributed by atoms with Crippen molar-refractivity contribution in [2.45, 2.75) is 13.0 Å². The molecule has 1 aromatic rings. The standard InChI is InChI=1S/C12H19N3O/c1-15(8-7-12(13)14)9-10-3-5-11(16-2)6-4-10/h3-6H,7-9H2,1-2H3,(H3,13,14). The van der Waals surface area contributed by atoms with E-state index in [4.69, 9.17) is 15.9 Å². The summed E-state index contributed by atoms with van der Waals surface area (Å²) in [6, 6.07) is 7.99. The maximum absolute atomic E-state index is 7.16. The molecule has 0 bridgehead atoms. The third kappa shape index (κ3) is 4.31. The summed E-state index contributed by atoms with van der Waals surface area (Å²) in [7, 11) is 3.68. The van der Waals surface area contributed by atoms with Gasteiger partial charge in [-0.3, -0.25) is 5.41 Å². The van der Waals surface area contributed by atoms with E-state index in [1.165, 1.54) is 5.56 Å². The zero-order valence-corrected chi connectivity index (χ0v) is 9.86. The van der Waals surface area contributed by atoms with Crippen LogP contribution in [0.25, 0.3) is 0 Å². The molecule has 0 spiro atoms. The van der Waals surface area contributed by atoms with Crippen LogP contribution in [0.2, 0.25) is 0 Å². The van der Waals surface area contributed by atoms with Crippen LogP contribution < -0.4 is 10.5 Å². The number of hydrogen-bond acceptors (Lipinski definition) is 3. The number of nitrogens with two attached hydrogens (primary N) is 1. The van der Waals surface area contributed by atoms with Crippen molar-refractivity contribution in [2.75, 3.05) is 20.7 Å². The van der Waals surface area contributed by atoms with Crippen LogP contribution in [0, 0.1) is 5.41 Å². The van der Waals surface area contributed by atoms with E-state index in [9.17, 15) is 0 Å². The normalized spacial score (nSPS) is 10.4. The number of amidine groups is 1. The highest BCUT2D eigenvalue weighted by Crippen LogP contribution is 2.12. The van der Waals surface area contributed by atoms with Crippen molar-refractivity contribution in [1.29, 1.82) is 5.41 Å². The number of benzene rings is 1. The molecular weight excluding hydrogens is 202 g/mol. The van der Waals surface area contributed by atoms with E-state index < -0.39 is 0 Å². The Morgan fingerprint density at radius 1 is 1.38 bits per heavy atom. The van der Waals surface area contributed by atoms with E-state index >= 15 is 0 Å². The van der Waals surface area contributed by atoms with Crippen molar-refractivity contribution in [3.63, 3.8) is 0 Å². The molecule has 88 valence electrons. The molecule has 0 aliphatic rings. The highest BCUT2D eigenvalue weighted by atomic mass is 16.5. The molecule has 3 N–H and O–H groups in total. The fraction of sp³-hybridized carbons (Fsp3) is 0.417. The molecule has 4 heteroatoms. The molecule has 4 nitrogen and oxygen atoms in total. The number of nitrogens with one attached hydrogen (secondary N) is 1. The first-order chi connectivity index (χ1) is 7.61. The van der Waals surface area contributed by atoms with Gasteiger partial charge in [0, 0.05) is 19.5 Å². The van der Waals surface area contributed by atoms with Gasteiger partial charge in [0.25, 0.3) is 0 Å². The zero-order valence-electron chi connectivity index (χ0n) is 9.86. The molecule has 0 saturated carbocycles. The predicted molar refractivity (Wildman–Crippen MR) is 65.9 cm³/mol. The molecule has 1 rings (SSSR count). The van der Waals surface area contributed by atoms with Crippen LogP contribution in [-0.2, 0) is 6.54 Å². The Balaban J connectivity index is 2.43. The van der Waals surface area contributed by atoms with Gasteiger partial charge >= 0.3 is 0 Å². The van der Waals surface area contributed by atoms with Crippen molar-refractivity contribution in [1.82, 2.24) is 4.90 Å². The minimum absolute atomic E-state index is 0.238. The Bertz CT molecular complexity index is 335. The van der Waals surface area contributed by atoms with Gasteiger partial charge < -0.3 is 15.4 Å². The summed E-state index contributed by atoms with van der Waals surface area (Å²) >= 11 is 0. The number of methoxy groups -OCH3 is 1. The van der Waals surface area contributed by atoms with Gasteiger partial charge in [0.05, 0.1) is 12.9 Å². The van der Waals surface area contributed by atoms with Gasteiger partial charge in [0.1, 0.15) is 5.75 Å². The number of hydrogen-bond donors (Lipinski definition) is 2. The van der Waals surface area contributed by atoms with Crippen LogP contribution in [0.1, 0.15) is 12.0 Å². The third-order valence-electron chi connectivity index (χ3n) is 2.37. The molecule has 0 saturated heterocycles. The summed E-state index contributed by atoms with van der Waals surface area (Å²) in [6.45, 7) is 1.67. The molecule has 0 aromatic heterocycles. The molecule has 0 aliphatic heterocycles. The fourth-order valence-corrected chi connectivity index (χ4v) is 1.43. The zero-order chi connectivity index (χ0) is 12.0. The SMILES string of the molecule is COc1ccc(CN(C)CCC(=N)N)cc1. The first-order valence-electron chi connectivity index (χ1n) is 5.26. The van der Waals surface area contributed by atoms with Crippen molar-refractivity contribution in [3.8, 4) is 5.75 Å². The van der Waals surface area contributed by atoms with Crippen molar-refractivity contribution in [2.24, 2.45) is 5.73 Å². The second-order valence-corrected chi connectivity index (χ2v) is 3.86. The van der Waals surface area contributed by atoms with Gasteiger partial charge in [-0.05, 0) is 24.7 Å². The first kappa shape index (κ1) is 12.5. The lowest BCUT2D eigenvalue weighted by molar-refractivity contribution is 0.336. The van der Waals surface area contributed by atoms with Crippen LogP contribution >= 0.6 is 0 Å². The lowest BCUT2D eigenvalue weighted by Crippen LogP contribution is -2.23. The predicted octanol–water partition coefficient (Wildman–Crippen LogP) is 1.45. The van der Waals surface area contributed by atoms with Crippen LogP contribution in [-0.4, -0.2) is 31.4 Å². The smallest absolute Gasteiger partial charge is 0.118 e. The van der Waals surface area contributed by atoms with E-state index in [0.717, 1.165) is 18.8 Å². The van der Waals surface area contributed by atoms with E-state index in [1.54, 1.807) is 7.11 Å². The number of nitrogens with zero attached hydrogens (tertiary/aromatic N) is 1. The lowest BCUT2D eigenvalue weighted by atomic mass is 10.2. The molecule has 0 amide bonds. The van der Waals surface area contributed by atoms with Gasteiger partial charge in [-0.1, -0.05) is 12.1 Å². The summed E-state index contributed by atoms with van der Waals surface area (Å²) < 4.78 is 5.09. The molecular formula is C12H19N3O. The largest absolute Gasteiger partial charge is 0.497 e. The quantitative estimate of drug-likeness (QED) is 0.564. The van der Waals surface area contributed by atoms with Crippen molar-refractivity contribution in [3.05, 3.63) is 29.8 Å². The second kappa shape index (κ2) is 6.12. The summed E-state index contributed by atoms with van der Waals surface area (Å²) in [4.78, 5) is 2.14. The summed E-state index contributed by atoms with van der Waals surface area (Å²) in [5, 5.41) is 7.16. The Morgan fingerprint density at radius 2 is 2.00 bits per heavy atom. The van der Waals surface area contributed by atoms with Gasteiger partial charge in [-0.15, -0.1) is 0 Å². The van der Waals surface area contributed by atoms with Crippen molar-refractivity contribution < 1.29 is 4.74 Å². The van der Waals surface area contributed by atoms with Crippen LogP contribution in [0.3, 0.4) is 0 Å². The lowest BCUT2D eigenvalue weighted by Gasteiger charge is -2.16. The topological polar surface area (TPSA) is 62.3 Å². The fourth-order valence-electron chi connectivity index (χ4n) is 1.43. The van der Waals surface area contributed by atoms with Gasteiger partial charge in [-0.25, -0.2) is 0 Å². The monoisotopic (exact) mass is 221 g/mol. The Morgan fingerprint density at radius 3 is 2.50 bits per heavy atom. The number of rotatable bonds is 6. The molecule has 0 fully saturated rings. The van der Waals surface area contributed by atoms with Crippen LogP contribution in [0.4, 0.5) is 0 Å². The summed E-state index contributed by atoms with van der Waals surface area (Å²) in [5.41, 5.74) is 6.54. The maximum Gasteiger partial charge on any atom is 0.118 e. The second-order valence-electron chi connectivity index (χ2n) is 3.86.